The number of nitrogens with one attached hydrogen (secondary N) is 1. The van der Waals surface area contributed by atoms with Crippen molar-refractivity contribution in [3.63, 3.8) is 0 Å². The molecule has 0 unspecified atom stereocenters. The summed E-state index contributed by atoms with van der Waals surface area (Å²) in [5.74, 6) is -0.486. The van der Waals surface area contributed by atoms with E-state index in [1.54, 1.807) is 6.07 Å². The zero-order valence-electron chi connectivity index (χ0n) is 12.1. The van der Waals surface area contributed by atoms with Crippen molar-refractivity contribution in [1.29, 1.82) is 0 Å². The van der Waals surface area contributed by atoms with Gasteiger partial charge in [-0.25, -0.2) is 12.8 Å². The number of benzene rings is 1. The number of halogens is 2. The predicted octanol–water partition coefficient (Wildman–Crippen LogP) is 4.23. The lowest BCUT2D eigenvalue weighted by Crippen LogP contribution is -2.13. The van der Waals surface area contributed by atoms with Gasteiger partial charge in [-0.3, -0.25) is 0 Å². The first-order chi connectivity index (χ1) is 9.63. The molecule has 6 heteroatoms. The Bertz CT molecular complexity index is 747. The minimum Gasteiger partial charge on any atom is -0.352 e. The zero-order valence-corrected chi connectivity index (χ0v) is 13.6. The normalized spacial score (nSPS) is 12.6. The third-order valence-corrected chi connectivity index (χ3v) is 5.30. The van der Waals surface area contributed by atoms with E-state index in [1.807, 2.05) is 20.8 Å². The standard InChI is InChI=1S/C15H17ClFNO2S/c1-15(2,3)9-10-11(17)6-7-12(14(10)16)21(19,20)13-5-4-8-18-13/h4-8,18H,9H2,1-3H3. The molecule has 1 heterocycles. The van der Waals surface area contributed by atoms with Crippen LogP contribution in [-0.4, -0.2) is 13.4 Å². The zero-order chi connectivity index (χ0) is 15.8. The minimum atomic E-state index is -3.78. The SMILES string of the molecule is CC(C)(C)Cc1c(F)ccc(S(=O)(=O)c2ccc[nH]2)c1Cl. The Hall–Kier alpha value is -1.33. The van der Waals surface area contributed by atoms with Gasteiger partial charge in [0.2, 0.25) is 9.84 Å². The van der Waals surface area contributed by atoms with E-state index in [0.717, 1.165) is 6.07 Å². The van der Waals surface area contributed by atoms with E-state index in [9.17, 15) is 12.8 Å². The average molecular weight is 330 g/mol. The van der Waals surface area contributed by atoms with E-state index in [-0.39, 0.29) is 25.9 Å². The van der Waals surface area contributed by atoms with Gasteiger partial charge in [0.05, 0.1) is 9.92 Å². The second kappa shape index (κ2) is 5.46. The monoisotopic (exact) mass is 329 g/mol. The molecule has 3 nitrogen and oxygen atoms in total. The smallest absolute Gasteiger partial charge is 0.223 e. The van der Waals surface area contributed by atoms with Crippen LogP contribution in [0.5, 0.6) is 0 Å². The maximum absolute atomic E-state index is 14.0. The molecule has 2 rings (SSSR count). The van der Waals surface area contributed by atoms with E-state index in [2.05, 4.69) is 4.98 Å². The summed E-state index contributed by atoms with van der Waals surface area (Å²) in [6.07, 6.45) is 1.87. The number of aromatic amines is 1. The number of hydrogen-bond acceptors (Lipinski definition) is 2. The molecule has 0 fully saturated rings. The first-order valence-electron chi connectivity index (χ1n) is 6.48. The lowest BCUT2D eigenvalue weighted by atomic mass is 9.88. The molecule has 1 N–H and O–H groups in total. The summed E-state index contributed by atoms with van der Waals surface area (Å²) in [6.45, 7) is 5.82. The first-order valence-corrected chi connectivity index (χ1v) is 8.34. The number of sulfone groups is 1. The lowest BCUT2D eigenvalue weighted by Gasteiger charge is -2.20. The summed E-state index contributed by atoms with van der Waals surface area (Å²) in [4.78, 5) is 2.57. The minimum absolute atomic E-state index is 0.0396. The van der Waals surface area contributed by atoms with Crippen LogP contribution in [0.3, 0.4) is 0 Å². The molecule has 2 aromatic rings. The van der Waals surface area contributed by atoms with Crippen LogP contribution < -0.4 is 0 Å². The number of aromatic nitrogens is 1. The molecule has 1 aromatic carbocycles. The molecule has 1 aromatic heterocycles. The number of H-pyrrole nitrogens is 1. The molecule has 0 aliphatic heterocycles. The predicted molar refractivity (Wildman–Crippen MR) is 80.8 cm³/mol. The van der Waals surface area contributed by atoms with Crippen molar-refractivity contribution in [3.8, 4) is 0 Å². The van der Waals surface area contributed by atoms with E-state index in [1.165, 1.54) is 18.3 Å². The second-order valence-corrected chi connectivity index (χ2v) is 8.38. The van der Waals surface area contributed by atoms with Gasteiger partial charge in [-0.2, -0.15) is 0 Å². The lowest BCUT2D eigenvalue weighted by molar-refractivity contribution is 0.401. The molecular formula is C15H17ClFNO2S. The van der Waals surface area contributed by atoms with Crippen LogP contribution in [-0.2, 0) is 16.3 Å². The van der Waals surface area contributed by atoms with Crippen LogP contribution >= 0.6 is 11.6 Å². The van der Waals surface area contributed by atoms with Crippen molar-refractivity contribution in [2.24, 2.45) is 5.41 Å². The number of rotatable bonds is 3. The molecule has 0 amide bonds. The Morgan fingerprint density at radius 3 is 2.43 bits per heavy atom. The molecule has 21 heavy (non-hydrogen) atoms. The van der Waals surface area contributed by atoms with Crippen molar-refractivity contribution in [2.45, 2.75) is 37.1 Å². The molecular weight excluding hydrogens is 313 g/mol. The van der Waals surface area contributed by atoms with Crippen molar-refractivity contribution >= 4 is 21.4 Å². The molecule has 0 spiro atoms. The quantitative estimate of drug-likeness (QED) is 0.857. The fraction of sp³-hybridized carbons (Fsp3) is 0.333. The highest BCUT2D eigenvalue weighted by molar-refractivity contribution is 7.91. The van der Waals surface area contributed by atoms with Crippen LogP contribution in [0.4, 0.5) is 4.39 Å². The van der Waals surface area contributed by atoms with E-state index in [0.29, 0.717) is 6.42 Å². The maximum atomic E-state index is 14.0. The largest absolute Gasteiger partial charge is 0.352 e. The molecule has 0 aliphatic rings. The molecule has 114 valence electrons. The Balaban J connectivity index is 2.60. The summed E-state index contributed by atoms with van der Waals surface area (Å²) >= 11 is 6.19. The average Bonchev–Trinajstić information content (AvgIpc) is 2.87. The summed E-state index contributed by atoms with van der Waals surface area (Å²) < 4.78 is 39.0. The Labute approximate surface area is 129 Å². The summed E-state index contributed by atoms with van der Waals surface area (Å²) in [6, 6.07) is 5.39. The Morgan fingerprint density at radius 1 is 1.24 bits per heavy atom. The Morgan fingerprint density at radius 2 is 1.90 bits per heavy atom. The summed E-state index contributed by atoms with van der Waals surface area (Å²) in [5.41, 5.74) is 0.0241. The maximum Gasteiger partial charge on any atom is 0.223 e. The van der Waals surface area contributed by atoms with Gasteiger partial charge < -0.3 is 4.98 Å². The topological polar surface area (TPSA) is 49.9 Å². The van der Waals surface area contributed by atoms with Crippen LogP contribution in [0.1, 0.15) is 26.3 Å². The molecule has 0 bridgehead atoms. The van der Waals surface area contributed by atoms with Gasteiger partial charge >= 0.3 is 0 Å². The van der Waals surface area contributed by atoms with Crippen molar-refractivity contribution in [2.75, 3.05) is 0 Å². The molecule has 0 saturated carbocycles. The molecule has 0 atom stereocenters. The van der Waals surface area contributed by atoms with Gasteiger partial charge in [0, 0.05) is 11.8 Å². The molecule has 0 radical (unpaired) electrons. The van der Waals surface area contributed by atoms with Crippen molar-refractivity contribution in [3.05, 3.63) is 46.9 Å². The van der Waals surface area contributed by atoms with Crippen LogP contribution in [0.2, 0.25) is 5.02 Å². The van der Waals surface area contributed by atoms with Gasteiger partial charge in [0.1, 0.15) is 10.8 Å². The number of hydrogen-bond donors (Lipinski definition) is 1. The van der Waals surface area contributed by atoms with E-state index < -0.39 is 15.7 Å². The fourth-order valence-corrected chi connectivity index (χ4v) is 3.92. The highest BCUT2D eigenvalue weighted by Gasteiger charge is 2.26. The van der Waals surface area contributed by atoms with Gasteiger partial charge in [0.15, 0.2) is 0 Å². The van der Waals surface area contributed by atoms with Crippen LogP contribution in [0.25, 0.3) is 0 Å². The van der Waals surface area contributed by atoms with Crippen molar-refractivity contribution in [1.82, 2.24) is 4.98 Å². The van der Waals surface area contributed by atoms with E-state index in [4.69, 9.17) is 11.6 Å². The van der Waals surface area contributed by atoms with Gasteiger partial charge in [-0.1, -0.05) is 32.4 Å². The van der Waals surface area contributed by atoms with Crippen molar-refractivity contribution < 1.29 is 12.8 Å². The van der Waals surface area contributed by atoms with Crippen LogP contribution in [0, 0.1) is 11.2 Å². The fourth-order valence-electron chi connectivity index (χ4n) is 2.08. The highest BCUT2D eigenvalue weighted by atomic mass is 35.5. The summed E-state index contributed by atoms with van der Waals surface area (Å²) in [7, 11) is -3.78. The first kappa shape index (κ1) is 16.0. The highest BCUT2D eigenvalue weighted by Crippen LogP contribution is 2.34. The Kier molecular flexibility index (Phi) is 4.17. The van der Waals surface area contributed by atoms with E-state index >= 15 is 0 Å². The molecule has 0 aliphatic carbocycles. The van der Waals surface area contributed by atoms with Gasteiger partial charge in [0.25, 0.3) is 0 Å². The summed E-state index contributed by atoms with van der Waals surface area (Å²) in [5, 5.41) is -0.00255. The molecule has 0 saturated heterocycles. The van der Waals surface area contributed by atoms with Gasteiger partial charge in [-0.15, -0.1) is 0 Å². The van der Waals surface area contributed by atoms with Crippen LogP contribution in [0.15, 0.2) is 40.4 Å². The third-order valence-electron chi connectivity index (χ3n) is 3.01. The van der Waals surface area contributed by atoms with Gasteiger partial charge in [-0.05, 0) is 36.1 Å². The third kappa shape index (κ3) is 3.30. The second-order valence-electron chi connectivity index (χ2n) is 6.11.